The molecule has 112 valence electrons. The number of alkyl halides is 3. The van der Waals surface area contributed by atoms with Gasteiger partial charge in [-0.1, -0.05) is 42.0 Å². The largest absolute Gasteiger partial charge is 0.416 e. The first-order valence-corrected chi connectivity index (χ1v) is 6.84. The Morgan fingerprint density at radius 3 is 2.43 bits per heavy atom. The monoisotopic (exact) mass is 293 g/mol. The first-order chi connectivity index (χ1) is 9.86. The van der Waals surface area contributed by atoms with Crippen LogP contribution < -0.4 is 5.73 Å². The summed E-state index contributed by atoms with van der Waals surface area (Å²) >= 11 is 0. The van der Waals surface area contributed by atoms with Crippen molar-refractivity contribution in [2.24, 2.45) is 5.73 Å². The van der Waals surface area contributed by atoms with Gasteiger partial charge >= 0.3 is 6.18 Å². The van der Waals surface area contributed by atoms with Gasteiger partial charge in [0.05, 0.1) is 5.56 Å². The lowest BCUT2D eigenvalue weighted by Gasteiger charge is -2.14. The van der Waals surface area contributed by atoms with Crippen molar-refractivity contribution in [2.75, 3.05) is 0 Å². The van der Waals surface area contributed by atoms with Crippen LogP contribution in [0, 0.1) is 6.92 Å². The second-order valence-electron chi connectivity index (χ2n) is 5.26. The smallest absolute Gasteiger partial charge is 0.324 e. The fourth-order valence-electron chi connectivity index (χ4n) is 2.30. The molecule has 2 aromatic carbocycles. The first kappa shape index (κ1) is 15.6. The molecular formula is C17H18F3N. The SMILES string of the molecule is Cc1cccc(CCC(N)c2cccc(C(F)(F)F)c2)c1. The van der Waals surface area contributed by atoms with Gasteiger partial charge in [-0.05, 0) is 43.0 Å². The Morgan fingerprint density at radius 1 is 1.05 bits per heavy atom. The number of hydrogen-bond donors (Lipinski definition) is 1. The van der Waals surface area contributed by atoms with Crippen LogP contribution in [0.1, 0.15) is 34.7 Å². The molecule has 2 N–H and O–H groups in total. The van der Waals surface area contributed by atoms with E-state index < -0.39 is 17.8 Å². The van der Waals surface area contributed by atoms with Gasteiger partial charge < -0.3 is 5.73 Å². The Balaban J connectivity index is 2.05. The van der Waals surface area contributed by atoms with Crippen molar-refractivity contribution >= 4 is 0 Å². The van der Waals surface area contributed by atoms with E-state index in [0.717, 1.165) is 24.1 Å². The molecule has 1 atom stereocenters. The third-order valence-corrected chi connectivity index (χ3v) is 3.47. The topological polar surface area (TPSA) is 26.0 Å². The van der Waals surface area contributed by atoms with Crippen LogP contribution >= 0.6 is 0 Å². The van der Waals surface area contributed by atoms with Crippen LogP contribution in [0.5, 0.6) is 0 Å². The summed E-state index contributed by atoms with van der Waals surface area (Å²) < 4.78 is 38.1. The first-order valence-electron chi connectivity index (χ1n) is 6.84. The van der Waals surface area contributed by atoms with Crippen molar-refractivity contribution in [1.82, 2.24) is 0 Å². The van der Waals surface area contributed by atoms with E-state index in [4.69, 9.17) is 5.73 Å². The zero-order valence-corrected chi connectivity index (χ0v) is 11.8. The molecule has 0 saturated heterocycles. The summed E-state index contributed by atoms with van der Waals surface area (Å²) in [7, 11) is 0. The molecule has 0 bridgehead atoms. The molecule has 0 spiro atoms. The van der Waals surface area contributed by atoms with Crippen LogP contribution in [0.15, 0.2) is 48.5 Å². The molecule has 0 radical (unpaired) electrons. The lowest BCUT2D eigenvalue weighted by atomic mass is 9.97. The molecule has 4 heteroatoms. The van der Waals surface area contributed by atoms with E-state index in [1.165, 1.54) is 11.6 Å². The highest BCUT2D eigenvalue weighted by atomic mass is 19.4. The van der Waals surface area contributed by atoms with E-state index in [0.29, 0.717) is 12.0 Å². The molecule has 2 aromatic rings. The summed E-state index contributed by atoms with van der Waals surface area (Å²) in [6.45, 7) is 2.01. The van der Waals surface area contributed by atoms with E-state index in [9.17, 15) is 13.2 Å². The summed E-state index contributed by atoms with van der Waals surface area (Å²) in [5.41, 5.74) is 8.22. The van der Waals surface area contributed by atoms with Gasteiger partial charge in [-0.25, -0.2) is 0 Å². The second-order valence-corrected chi connectivity index (χ2v) is 5.26. The molecule has 0 aliphatic heterocycles. The Hall–Kier alpha value is -1.81. The molecule has 1 unspecified atom stereocenters. The van der Waals surface area contributed by atoms with Crippen molar-refractivity contribution in [2.45, 2.75) is 32.0 Å². The van der Waals surface area contributed by atoms with Crippen molar-refractivity contribution in [1.29, 1.82) is 0 Å². The molecule has 0 aliphatic rings. The normalized spacial score (nSPS) is 13.2. The number of halogens is 3. The number of nitrogens with two attached hydrogens (primary N) is 1. The van der Waals surface area contributed by atoms with Gasteiger partial charge in [-0.2, -0.15) is 13.2 Å². The fraction of sp³-hybridized carbons (Fsp3) is 0.294. The van der Waals surface area contributed by atoms with E-state index in [1.54, 1.807) is 6.07 Å². The van der Waals surface area contributed by atoms with Gasteiger partial charge in [0.2, 0.25) is 0 Å². The van der Waals surface area contributed by atoms with Gasteiger partial charge in [-0.15, -0.1) is 0 Å². The lowest BCUT2D eigenvalue weighted by molar-refractivity contribution is -0.137. The number of aryl methyl sites for hydroxylation is 2. The highest BCUT2D eigenvalue weighted by molar-refractivity contribution is 5.28. The quantitative estimate of drug-likeness (QED) is 0.872. The van der Waals surface area contributed by atoms with Crippen LogP contribution in [0.3, 0.4) is 0 Å². The summed E-state index contributed by atoms with van der Waals surface area (Å²) in [6, 6.07) is 12.9. The minimum absolute atomic E-state index is 0.396. The van der Waals surface area contributed by atoms with E-state index >= 15 is 0 Å². The Labute approximate surface area is 122 Å². The highest BCUT2D eigenvalue weighted by Gasteiger charge is 2.30. The molecule has 0 amide bonds. The van der Waals surface area contributed by atoms with Crippen LogP contribution in [-0.4, -0.2) is 0 Å². The van der Waals surface area contributed by atoms with Gasteiger partial charge in [0, 0.05) is 6.04 Å². The lowest BCUT2D eigenvalue weighted by Crippen LogP contribution is -2.13. The van der Waals surface area contributed by atoms with Crippen molar-refractivity contribution in [3.8, 4) is 0 Å². The molecule has 0 fully saturated rings. The average Bonchev–Trinajstić information content (AvgIpc) is 2.44. The minimum atomic E-state index is -4.33. The Bertz CT molecular complexity index is 605. The van der Waals surface area contributed by atoms with Gasteiger partial charge in [0.1, 0.15) is 0 Å². The van der Waals surface area contributed by atoms with Gasteiger partial charge in [0.15, 0.2) is 0 Å². The maximum Gasteiger partial charge on any atom is 0.416 e. The molecular weight excluding hydrogens is 275 g/mol. The van der Waals surface area contributed by atoms with Crippen molar-refractivity contribution in [3.63, 3.8) is 0 Å². The van der Waals surface area contributed by atoms with Crippen molar-refractivity contribution in [3.05, 3.63) is 70.8 Å². The average molecular weight is 293 g/mol. The molecule has 0 saturated carbocycles. The predicted molar refractivity (Wildman–Crippen MR) is 77.9 cm³/mol. The summed E-state index contributed by atoms with van der Waals surface area (Å²) in [5, 5.41) is 0. The predicted octanol–water partition coefficient (Wildman–Crippen LogP) is 4.65. The van der Waals surface area contributed by atoms with E-state index in [2.05, 4.69) is 6.07 Å². The number of hydrogen-bond acceptors (Lipinski definition) is 1. The van der Waals surface area contributed by atoms with E-state index in [1.807, 2.05) is 25.1 Å². The van der Waals surface area contributed by atoms with Crippen LogP contribution in [0.25, 0.3) is 0 Å². The molecule has 0 aliphatic carbocycles. The summed E-state index contributed by atoms with van der Waals surface area (Å²) in [4.78, 5) is 0. The summed E-state index contributed by atoms with van der Waals surface area (Å²) in [6.07, 6.45) is -2.96. The van der Waals surface area contributed by atoms with Crippen molar-refractivity contribution < 1.29 is 13.2 Å². The molecule has 2 rings (SSSR count). The van der Waals surface area contributed by atoms with Crippen LogP contribution in [-0.2, 0) is 12.6 Å². The Kier molecular flexibility index (Phi) is 4.68. The third-order valence-electron chi connectivity index (χ3n) is 3.47. The molecule has 0 heterocycles. The van der Waals surface area contributed by atoms with Gasteiger partial charge in [-0.3, -0.25) is 0 Å². The number of benzene rings is 2. The fourth-order valence-corrected chi connectivity index (χ4v) is 2.30. The molecule has 1 nitrogen and oxygen atoms in total. The second kappa shape index (κ2) is 6.31. The van der Waals surface area contributed by atoms with Crippen LogP contribution in [0.2, 0.25) is 0 Å². The Morgan fingerprint density at radius 2 is 1.76 bits per heavy atom. The highest BCUT2D eigenvalue weighted by Crippen LogP contribution is 2.31. The zero-order chi connectivity index (χ0) is 15.5. The number of rotatable bonds is 4. The standard InChI is InChI=1S/C17H18F3N/c1-12-4-2-5-13(10-12)8-9-16(21)14-6-3-7-15(11-14)17(18,19)20/h2-7,10-11,16H,8-9,21H2,1H3. The van der Waals surface area contributed by atoms with Crippen LogP contribution in [0.4, 0.5) is 13.2 Å². The third kappa shape index (κ3) is 4.33. The van der Waals surface area contributed by atoms with Gasteiger partial charge in [0.25, 0.3) is 0 Å². The summed E-state index contributed by atoms with van der Waals surface area (Å²) in [5.74, 6) is 0. The molecule has 21 heavy (non-hydrogen) atoms. The van der Waals surface area contributed by atoms with E-state index in [-0.39, 0.29) is 0 Å². The minimum Gasteiger partial charge on any atom is -0.324 e. The maximum atomic E-state index is 12.7. The molecule has 0 aromatic heterocycles. The maximum absolute atomic E-state index is 12.7. The zero-order valence-electron chi connectivity index (χ0n) is 11.8.